The third-order valence-electron chi connectivity index (χ3n) is 2.80. The molecule has 3 nitrogen and oxygen atoms in total. The molecular formula is C11H16BrN3. The van der Waals surface area contributed by atoms with Crippen LogP contribution in [0.3, 0.4) is 0 Å². The van der Waals surface area contributed by atoms with Crippen LogP contribution in [0.2, 0.25) is 0 Å². The maximum absolute atomic E-state index is 4.38. The lowest BCUT2D eigenvalue weighted by molar-refractivity contribution is 0.576. The van der Waals surface area contributed by atoms with Gasteiger partial charge in [0.15, 0.2) is 0 Å². The summed E-state index contributed by atoms with van der Waals surface area (Å²) in [7, 11) is 2.11. The summed E-state index contributed by atoms with van der Waals surface area (Å²) in [4.78, 5) is 6.61. The highest BCUT2D eigenvalue weighted by molar-refractivity contribution is 9.10. The number of pyridine rings is 1. The fourth-order valence-electron chi connectivity index (χ4n) is 1.94. The summed E-state index contributed by atoms with van der Waals surface area (Å²) in [5.74, 6) is 1.81. The van der Waals surface area contributed by atoms with E-state index in [1.54, 1.807) is 0 Å². The molecule has 0 amide bonds. The standard InChI is InChI=1S/C11H16BrN3/c1-15(8-9-4-5-13-6-9)11-3-2-10(12)7-14-11/h2-3,7,9,13H,4-6,8H2,1H3/t9-/m1/s1. The first-order chi connectivity index (χ1) is 7.25. The first-order valence-corrected chi connectivity index (χ1v) is 6.08. The molecule has 1 aliphatic heterocycles. The molecule has 0 aliphatic carbocycles. The van der Waals surface area contributed by atoms with Crippen LogP contribution in [0.25, 0.3) is 0 Å². The van der Waals surface area contributed by atoms with Gasteiger partial charge in [-0.1, -0.05) is 0 Å². The monoisotopic (exact) mass is 269 g/mol. The zero-order valence-electron chi connectivity index (χ0n) is 8.91. The average Bonchev–Trinajstić information content (AvgIpc) is 2.71. The number of hydrogen-bond acceptors (Lipinski definition) is 3. The van der Waals surface area contributed by atoms with Crippen molar-refractivity contribution in [2.45, 2.75) is 6.42 Å². The molecule has 15 heavy (non-hydrogen) atoms. The molecule has 1 aromatic rings. The lowest BCUT2D eigenvalue weighted by Gasteiger charge is -2.21. The number of rotatable bonds is 3. The third kappa shape index (κ3) is 2.92. The summed E-state index contributed by atoms with van der Waals surface area (Å²) < 4.78 is 1.03. The number of aromatic nitrogens is 1. The minimum absolute atomic E-state index is 0.764. The summed E-state index contributed by atoms with van der Waals surface area (Å²) in [5.41, 5.74) is 0. The quantitative estimate of drug-likeness (QED) is 0.909. The van der Waals surface area contributed by atoms with Crippen LogP contribution in [0.1, 0.15) is 6.42 Å². The van der Waals surface area contributed by atoms with Crippen molar-refractivity contribution in [1.29, 1.82) is 0 Å². The second-order valence-electron chi connectivity index (χ2n) is 4.07. The Kier molecular flexibility index (Phi) is 3.59. The van der Waals surface area contributed by atoms with E-state index in [0.29, 0.717) is 0 Å². The van der Waals surface area contributed by atoms with Crippen LogP contribution in [0.15, 0.2) is 22.8 Å². The number of nitrogens with zero attached hydrogens (tertiary/aromatic N) is 2. The van der Waals surface area contributed by atoms with E-state index in [2.05, 4.69) is 38.2 Å². The van der Waals surface area contributed by atoms with Gasteiger partial charge in [-0.3, -0.25) is 0 Å². The van der Waals surface area contributed by atoms with Gasteiger partial charge in [0, 0.05) is 24.3 Å². The van der Waals surface area contributed by atoms with Gasteiger partial charge in [0.05, 0.1) is 0 Å². The van der Waals surface area contributed by atoms with E-state index in [-0.39, 0.29) is 0 Å². The lowest BCUT2D eigenvalue weighted by atomic mass is 10.1. The second kappa shape index (κ2) is 4.94. The molecule has 4 heteroatoms. The van der Waals surface area contributed by atoms with Gasteiger partial charge in [-0.05, 0) is 53.5 Å². The second-order valence-corrected chi connectivity index (χ2v) is 4.99. The highest BCUT2D eigenvalue weighted by Crippen LogP contribution is 2.16. The lowest BCUT2D eigenvalue weighted by Crippen LogP contribution is -2.27. The minimum atomic E-state index is 0.764. The Hall–Kier alpha value is -0.610. The van der Waals surface area contributed by atoms with E-state index < -0.39 is 0 Å². The number of hydrogen-bond donors (Lipinski definition) is 1. The van der Waals surface area contributed by atoms with Crippen LogP contribution in [0.5, 0.6) is 0 Å². The van der Waals surface area contributed by atoms with E-state index in [0.717, 1.165) is 35.8 Å². The van der Waals surface area contributed by atoms with E-state index in [4.69, 9.17) is 0 Å². The predicted molar refractivity (Wildman–Crippen MR) is 66.2 cm³/mol. The summed E-state index contributed by atoms with van der Waals surface area (Å²) in [6.07, 6.45) is 3.12. The van der Waals surface area contributed by atoms with Gasteiger partial charge in [0.2, 0.25) is 0 Å². The number of halogens is 1. The Morgan fingerprint density at radius 2 is 2.47 bits per heavy atom. The Balaban J connectivity index is 1.94. The minimum Gasteiger partial charge on any atom is -0.359 e. The van der Waals surface area contributed by atoms with Crippen molar-refractivity contribution < 1.29 is 0 Å². The van der Waals surface area contributed by atoms with Crippen LogP contribution in [0.4, 0.5) is 5.82 Å². The Bertz CT molecular complexity index is 306. The van der Waals surface area contributed by atoms with Crippen molar-refractivity contribution in [2.24, 2.45) is 5.92 Å². The summed E-state index contributed by atoms with van der Waals surface area (Å²) in [5, 5.41) is 3.38. The van der Waals surface area contributed by atoms with Gasteiger partial charge in [-0.15, -0.1) is 0 Å². The molecule has 0 bridgehead atoms. The molecule has 1 aromatic heterocycles. The molecule has 0 aromatic carbocycles. The predicted octanol–water partition coefficient (Wildman–Crippen LogP) is 1.89. The van der Waals surface area contributed by atoms with E-state index in [9.17, 15) is 0 Å². The molecule has 82 valence electrons. The Morgan fingerprint density at radius 1 is 1.60 bits per heavy atom. The van der Waals surface area contributed by atoms with Gasteiger partial charge < -0.3 is 10.2 Å². The zero-order chi connectivity index (χ0) is 10.7. The zero-order valence-corrected chi connectivity index (χ0v) is 10.5. The van der Waals surface area contributed by atoms with E-state index >= 15 is 0 Å². The topological polar surface area (TPSA) is 28.2 Å². The van der Waals surface area contributed by atoms with Crippen LogP contribution in [-0.2, 0) is 0 Å². The van der Waals surface area contributed by atoms with Gasteiger partial charge in [0.25, 0.3) is 0 Å². The Labute approximate surface area is 99.0 Å². The molecule has 1 aliphatic rings. The largest absolute Gasteiger partial charge is 0.359 e. The summed E-state index contributed by atoms with van der Waals surface area (Å²) in [6, 6.07) is 4.08. The molecule has 0 spiro atoms. The third-order valence-corrected chi connectivity index (χ3v) is 3.27. The van der Waals surface area contributed by atoms with Crippen molar-refractivity contribution in [1.82, 2.24) is 10.3 Å². The van der Waals surface area contributed by atoms with Crippen LogP contribution in [0, 0.1) is 5.92 Å². The molecule has 0 unspecified atom stereocenters. The summed E-state index contributed by atoms with van der Waals surface area (Å²) in [6.45, 7) is 3.38. The molecule has 0 saturated carbocycles. The molecule has 1 atom stereocenters. The number of nitrogens with one attached hydrogen (secondary N) is 1. The van der Waals surface area contributed by atoms with Gasteiger partial charge in [-0.2, -0.15) is 0 Å². The van der Waals surface area contributed by atoms with E-state index in [1.165, 1.54) is 6.42 Å². The fraction of sp³-hybridized carbons (Fsp3) is 0.545. The molecule has 2 rings (SSSR count). The maximum atomic E-state index is 4.38. The van der Waals surface area contributed by atoms with Gasteiger partial charge >= 0.3 is 0 Å². The molecule has 2 heterocycles. The first kappa shape index (κ1) is 10.9. The highest BCUT2D eigenvalue weighted by atomic mass is 79.9. The van der Waals surface area contributed by atoms with Gasteiger partial charge in [0.1, 0.15) is 5.82 Å². The van der Waals surface area contributed by atoms with Crippen LogP contribution in [-0.4, -0.2) is 31.7 Å². The van der Waals surface area contributed by atoms with Crippen molar-refractivity contribution in [3.63, 3.8) is 0 Å². The summed E-state index contributed by atoms with van der Waals surface area (Å²) >= 11 is 3.39. The van der Waals surface area contributed by atoms with Crippen LogP contribution < -0.4 is 10.2 Å². The Morgan fingerprint density at radius 3 is 3.07 bits per heavy atom. The molecule has 1 saturated heterocycles. The van der Waals surface area contributed by atoms with Crippen molar-refractivity contribution >= 4 is 21.7 Å². The molecule has 1 N–H and O–H groups in total. The molecular weight excluding hydrogens is 254 g/mol. The molecule has 1 fully saturated rings. The fourth-order valence-corrected chi connectivity index (χ4v) is 2.18. The normalized spacial score (nSPS) is 20.5. The highest BCUT2D eigenvalue weighted by Gasteiger charge is 2.16. The first-order valence-electron chi connectivity index (χ1n) is 5.29. The SMILES string of the molecule is CN(C[C@@H]1CCNC1)c1ccc(Br)cn1. The van der Waals surface area contributed by atoms with Crippen LogP contribution >= 0.6 is 15.9 Å². The molecule has 0 radical (unpaired) electrons. The van der Waals surface area contributed by atoms with Gasteiger partial charge in [-0.25, -0.2) is 4.98 Å². The van der Waals surface area contributed by atoms with E-state index in [1.807, 2.05) is 18.3 Å². The maximum Gasteiger partial charge on any atom is 0.128 e. The van der Waals surface area contributed by atoms with Crippen molar-refractivity contribution in [3.8, 4) is 0 Å². The van der Waals surface area contributed by atoms with Crippen molar-refractivity contribution in [3.05, 3.63) is 22.8 Å². The number of anilines is 1. The van der Waals surface area contributed by atoms with Crippen molar-refractivity contribution in [2.75, 3.05) is 31.6 Å². The average molecular weight is 270 g/mol. The smallest absolute Gasteiger partial charge is 0.128 e.